The molecule has 0 unspecified atom stereocenters. The lowest BCUT2D eigenvalue weighted by Gasteiger charge is -2.30. The maximum atomic E-state index is 5.99. The summed E-state index contributed by atoms with van der Waals surface area (Å²) in [6, 6.07) is 4.15. The van der Waals surface area contributed by atoms with Crippen LogP contribution >= 0.6 is 0 Å². The van der Waals surface area contributed by atoms with E-state index in [4.69, 9.17) is 9.47 Å². The summed E-state index contributed by atoms with van der Waals surface area (Å²) in [5, 5.41) is 0. The molecule has 2 rings (SSSR count). The van der Waals surface area contributed by atoms with Gasteiger partial charge in [0.25, 0.3) is 0 Å². The molecule has 88 valence electrons. The summed E-state index contributed by atoms with van der Waals surface area (Å²) in [6.45, 7) is 5.62. The monoisotopic (exact) mass is 221 g/mol. The molecule has 0 radical (unpaired) electrons. The summed E-state index contributed by atoms with van der Waals surface area (Å²) in [6.07, 6.45) is 0.128. The maximum Gasteiger partial charge on any atom is 0.165 e. The number of hydrogen-bond donors (Lipinski definition) is 0. The highest BCUT2D eigenvalue weighted by molar-refractivity contribution is 5.51. The summed E-state index contributed by atoms with van der Waals surface area (Å²) in [7, 11) is 4.09. The minimum absolute atomic E-state index is 0.128. The van der Waals surface area contributed by atoms with Gasteiger partial charge in [-0.3, -0.25) is 0 Å². The van der Waals surface area contributed by atoms with Crippen LogP contribution in [0, 0.1) is 13.8 Å². The van der Waals surface area contributed by atoms with Crippen molar-refractivity contribution in [3.8, 4) is 11.5 Å². The second kappa shape index (κ2) is 4.34. The first-order chi connectivity index (χ1) is 7.58. The van der Waals surface area contributed by atoms with Gasteiger partial charge in [0.15, 0.2) is 11.5 Å². The normalized spacial score (nSPS) is 18.9. The third-order valence-corrected chi connectivity index (χ3v) is 2.77. The van der Waals surface area contributed by atoms with Crippen LogP contribution in [0.4, 0.5) is 0 Å². The molecule has 3 nitrogen and oxygen atoms in total. The fourth-order valence-electron chi connectivity index (χ4n) is 1.96. The number of nitrogens with zero attached hydrogens (tertiary/aromatic N) is 1. The van der Waals surface area contributed by atoms with Gasteiger partial charge < -0.3 is 14.4 Å². The number of rotatable bonds is 2. The van der Waals surface area contributed by atoms with Crippen molar-refractivity contribution in [2.24, 2.45) is 0 Å². The molecule has 1 aromatic rings. The lowest BCUT2D eigenvalue weighted by molar-refractivity contribution is 0.0697. The highest BCUT2D eigenvalue weighted by atomic mass is 16.6. The van der Waals surface area contributed by atoms with Crippen LogP contribution in [0.2, 0.25) is 0 Å². The lowest BCUT2D eigenvalue weighted by atomic mass is 10.1. The third kappa shape index (κ3) is 2.14. The molecular weight excluding hydrogens is 202 g/mol. The molecule has 3 heteroatoms. The summed E-state index contributed by atoms with van der Waals surface area (Å²) in [5.74, 6) is 1.83. The second-order valence-electron chi connectivity index (χ2n) is 4.67. The van der Waals surface area contributed by atoms with E-state index < -0.39 is 0 Å². The Morgan fingerprint density at radius 1 is 1.19 bits per heavy atom. The van der Waals surface area contributed by atoms with Crippen molar-refractivity contribution in [1.82, 2.24) is 4.90 Å². The average molecular weight is 221 g/mol. The minimum atomic E-state index is 0.128. The molecule has 1 atom stereocenters. The summed E-state index contributed by atoms with van der Waals surface area (Å²) in [4.78, 5) is 2.12. The van der Waals surface area contributed by atoms with Crippen molar-refractivity contribution in [1.29, 1.82) is 0 Å². The number of benzene rings is 1. The fourth-order valence-corrected chi connectivity index (χ4v) is 1.96. The molecule has 1 aromatic carbocycles. The Balaban J connectivity index is 2.23. The number of ether oxygens (including phenoxy) is 2. The van der Waals surface area contributed by atoms with Crippen LogP contribution in [-0.2, 0) is 0 Å². The van der Waals surface area contributed by atoms with Crippen LogP contribution in [-0.4, -0.2) is 38.3 Å². The van der Waals surface area contributed by atoms with Crippen LogP contribution < -0.4 is 9.47 Å². The summed E-state index contributed by atoms with van der Waals surface area (Å²) >= 11 is 0. The zero-order chi connectivity index (χ0) is 11.7. The standard InChI is InChI=1S/C13H19NO2/c1-9-5-6-10(2)13-12(9)15-8-11(16-13)7-14(3)4/h5-6,11H,7-8H2,1-4H3/t11-/m0/s1. The maximum absolute atomic E-state index is 5.99. The molecule has 0 spiro atoms. The predicted molar refractivity (Wildman–Crippen MR) is 64.4 cm³/mol. The van der Waals surface area contributed by atoms with Crippen molar-refractivity contribution in [2.45, 2.75) is 20.0 Å². The van der Waals surface area contributed by atoms with Gasteiger partial charge in [0.1, 0.15) is 12.7 Å². The first kappa shape index (κ1) is 11.3. The smallest absolute Gasteiger partial charge is 0.165 e. The highest BCUT2D eigenvalue weighted by Gasteiger charge is 2.24. The molecule has 0 bridgehead atoms. The zero-order valence-electron chi connectivity index (χ0n) is 10.4. The Bertz CT molecular complexity index is 388. The van der Waals surface area contributed by atoms with Crippen LogP contribution in [0.1, 0.15) is 11.1 Å². The first-order valence-electron chi connectivity index (χ1n) is 5.62. The molecule has 1 heterocycles. The fraction of sp³-hybridized carbons (Fsp3) is 0.538. The zero-order valence-corrected chi connectivity index (χ0v) is 10.4. The van der Waals surface area contributed by atoms with E-state index in [1.807, 2.05) is 21.0 Å². The lowest BCUT2D eigenvalue weighted by Crippen LogP contribution is -2.38. The third-order valence-electron chi connectivity index (χ3n) is 2.77. The average Bonchev–Trinajstić information content (AvgIpc) is 2.23. The van der Waals surface area contributed by atoms with Crippen molar-refractivity contribution in [2.75, 3.05) is 27.2 Å². The van der Waals surface area contributed by atoms with Crippen LogP contribution in [0.5, 0.6) is 11.5 Å². The molecule has 0 saturated carbocycles. The van der Waals surface area contributed by atoms with Gasteiger partial charge in [-0.2, -0.15) is 0 Å². The quantitative estimate of drug-likeness (QED) is 0.762. The van der Waals surface area contributed by atoms with E-state index >= 15 is 0 Å². The van der Waals surface area contributed by atoms with E-state index in [1.165, 1.54) is 0 Å². The predicted octanol–water partition coefficient (Wildman–Crippen LogP) is 2.00. The molecule has 0 amide bonds. The van der Waals surface area contributed by atoms with E-state index in [1.54, 1.807) is 0 Å². The van der Waals surface area contributed by atoms with Crippen molar-refractivity contribution in [3.05, 3.63) is 23.3 Å². The topological polar surface area (TPSA) is 21.7 Å². The summed E-state index contributed by atoms with van der Waals surface area (Å²) in [5.41, 5.74) is 2.29. The number of aryl methyl sites for hydroxylation is 2. The molecule has 0 fully saturated rings. The van der Waals surface area contributed by atoms with Crippen LogP contribution in [0.25, 0.3) is 0 Å². The Labute approximate surface area is 97.0 Å². The highest BCUT2D eigenvalue weighted by Crippen LogP contribution is 2.37. The minimum Gasteiger partial charge on any atom is -0.485 e. The Hall–Kier alpha value is -1.22. The largest absolute Gasteiger partial charge is 0.485 e. The SMILES string of the molecule is Cc1ccc(C)c2c1OC[C@H](CN(C)C)O2. The molecule has 0 saturated heterocycles. The van der Waals surface area contributed by atoms with E-state index in [-0.39, 0.29) is 6.10 Å². The van der Waals surface area contributed by atoms with Gasteiger partial charge >= 0.3 is 0 Å². The van der Waals surface area contributed by atoms with Gasteiger partial charge in [-0.05, 0) is 39.1 Å². The van der Waals surface area contributed by atoms with Crippen LogP contribution in [0.15, 0.2) is 12.1 Å². The van der Waals surface area contributed by atoms with E-state index in [0.717, 1.165) is 29.2 Å². The molecular formula is C13H19NO2. The van der Waals surface area contributed by atoms with Crippen LogP contribution in [0.3, 0.4) is 0 Å². The van der Waals surface area contributed by atoms with Gasteiger partial charge in [0, 0.05) is 6.54 Å². The molecule has 0 aliphatic carbocycles. The number of hydrogen-bond acceptors (Lipinski definition) is 3. The first-order valence-corrected chi connectivity index (χ1v) is 5.62. The van der Waals surface area contributed by atoms with E-state index in [9.17, 15) is 0 Å². The molecule has 0 aromatic heterocycles. The molecule has 1 aliphatic heterocycles. The van der Waals surface area contributed by atoms with Crippen molar-refractivity contribution in [3.63, 3.8) is 0 Å². The molecule has 16 heavy (non-hydrogen) atoms. The number of fused-ring (bicyclic) bond motifs is 1. The van der Waals surface area contributed by atoms with Gasteiger partial charge in [-0.1, -0.05) is 12.1 Å². The second-order valence-corrected chi connectivity index (χ2v) is 4.67. The Kier molecular flexibility index (Phi) is 3.06. The van der Waals surface area contributed by atoms with Crippen molar-refractivity contribution >= 4 is 0 Å². The summed E-state index contributed by atoms with van der Waals surface area (Å²) < 4.78 is 11.8. The Morgan fingerprint density at radius 2 is 1.81 bits per heavy atom. The Morgan fingerprint density at radius 3 is 2.44 bits per heavy atom. The van der Waals surface area contributed by atoms with Gasteiger partial charge in [-0.15, -0.1) is 0 Å². The number of likely N-dealkylation sites (N-methyl/N-ethyl adjacent to an activating group) is 1. The van der Waals surface area contributed by atoms with Crippen molar-refractivity contribution < 1.29 is 9.47 Å². The van der Waals surface area contributed by atoms with Gasteiger partial charge in [-0.25, -0.2) is 0 Å². The van der Waals surface area contributed by atoms with Gasteiger partial charge in [0.05, 0.1) is 0 Å². The van der Waals surface area contributed by atoms with E-state index in [0.29, 0.717) is 6.61 Å². The van der Waals surface area contributed by atoms with E-state index in [2.05, 4.69) is 24.0 Å². The molecule has 0 N–H and O–H groups in total. The molecule has 1 aliphatic rings. The van der Waals surface area contributed by atoms with Gasteiger partial charge in [0.2, 0.25) is 0 Å².